The van der Waals surface area contributed by atoms with Crippen molar-refractivity contribution in [3.05, 3.63) is 34.6 Å². The number of carboxylic acid groups (broad SMARTS) is 1. The number of hydrogen-bond acceptors (Lipinski definition) is 3. The van der Waals surface area contributed by atoms with Crippen LogP contribution < -0.4 is 0 Å². The summed E-state index contributed by atoms with van der Waals surface area (Å²) in [6, 6.07) is 4.33. The average Bonchev–Trinajstić information content (AvgIpc) is 2.83. The zero-order valence-electron chi connectivity index (χ0n) is 10.5. The quantitative estimate of drug-likeness (QED) is 0.920. The molecule has 2 atom stereocenters. The zero-order valence-corrected chi connectivity index (χ0v) is 11.2. The second kappa shape index (κ2) is 5.86. The standard InChI is InChI=1S/C13H15ClFNO3/c1-16(12-7-19-6-9(12)13(17)18)5-8-2-3-11(15)10(14)4-8/h2-4,9,12H,5-7H2,1H3,(H,17,18). The fourth-order valence-corrected chi connectivity index (χ4v) is 2.46. The van der Waals surface area contributed by atoms with Gasteiger partial charge in [-0.25, -0.2) is 4.39 Å². The van der Waals surface area contributed by atoms with Crippen LogP contribution in [0.1, 0.15) is 5.56 Å². The van der Waals surface area contributed by atoms with Crippen LogP contribution >= 0.6 is 11.6 Å². The van der Waals surface area contributed by atoms with Crippen molar-refractivity contribution in [3.8, 4) is 0 Å². The van der Waals surface area contributed by atoms with Crippen molar-refractivity contribution in [2.75, 3.05) is 20.3 Å². The molecule has 1 fully saturated rings. The molecular formula is C13H15ClFNO3. The summed E-state index contributed by atoms with van der Waals surface area (Å²) in [5, 5.41) is 9.17. The summed E-state index contributed by atoms with van der Waals surface area (Å²) < 4.78 is 18.3. The Morgan fingerprint density at radius 1 is 1.58 bits per heavy atom. The minimum atomic E-state index is -0.855. The Balaban J connectivity index is 2.05. The topological polar surface area (TPSA) is 49.8 Å². The predicted molar refractivity (Wildman–Crippen MR) is 68.6 cm³/mol. The van der Waals surface area contributed by atoms with Gasteiger partial charge in [-0.3, -0.25) is 9.69 Å². The van der Waals surface area contributed by atoms with Gasteiger partial charge in [0, 0.05) is 12.6 Å². The number of carbonyl (C=O) groups is 1. The molecule has 1 saturated heterocycles. The van der Waals surface area contributed by atoms with Gasteiger partial charge < -0.3 is 9.84 Å². The lowest BCUT2D eigenvalue weighted by molar-refractivity contribution is -0.143. The SMILES string of the molecule is CN(Cc1ccc(F)c(Cl)c1)C1COCC1C(=O)O. The first-order chi connectivity index (χ1) is 8.99. The van der Waals surface area contributed by atoms with E-state index >= 15 is 0 Å². The summed E-state index contributed by atoms with van der Waals surface area (Å²) in [4.78, 5) is 13.0. The third kappa shape index (κ3) is 3.23. The number of benzene rings is 1. The van der Waals surface area contributed by atoms with Gasteiger partial charge in [-0.2, -0.15) is 0 Å². The Hall–Kier alpha value is -1.17. The third-order valence-electron chi connectivity index (χ3n) is 3.35. The van der Waals surface area contributed by atoms with E-state index in [0.717, 1.165) is 5.56 Å². The molecule has 1 aliphatic heterocycles. The lowest BCUT2D eigenvalue weighted by Crippen LogP contribution is -2.40. The molecule has 2 unspecified atom stereocenters. The van der Waals surface area contributed by atoms with Gasteiger partial charge in [-0.15, -0.1) is 0 Å². The van der Waals surface area contributed by atoms with E-state index in [1.165, 1.54) is 6.07 Å². The van der Waals surface area contributed by atoms with E-state index in [-0.39, 0.29) is 17.7 Å². The molecule has 2 rings (SSSR count). The van der Waals surface area contributed by atoms with E-state index in [4.69, 9.17) is 21.4 Å². The lowest BCUT2D eigenvalue weighted by atomic mass is 10.0. The molecule has 6 heteroatoms. The van der Waals surface area contributed by atoms with E-state index in [9.17, 15) is 9.18 Å². The van der Waals surface area contributed by atoms with Crippen LogP contribution in [0, 0.1) is 11.7 Å². The summed E-state index contributed by atoms with van der Waals surface area (Å²) in [7, 11) is 1.83. The molecule has 0 aromatic heterocycles. The molecule has 19 heavy (non-hydrogen) atoms. The Morgan fingerprint density at radius 3 is 2.95 bits per heavy atom. The highest BCUT2D eigenvalue weighted by Gasteiger charge is 2.36. The Kier molecular flexibility index (Phi) is 4.39. The summed E-state index contributed by atoms with van der Waals surface area (Å²) in [6.07, 6.45) is 0. The van der Waals surface area contributed by atoms with E-state index in [1.807, 2.05) is 11.9 Å². The highest BCUT2D eigenvalue weighted by Crippen LogP contribution is 2.22. The van der Waals surface area contributed by atoms with Gasteiger partial charge in [0.2, 0.25) is 0 Å². The molecule has 1 N–H and O–H groups in total. The highest BCUT2D eigenvalue weighted by molar-refractivity contribution is 6.30. The molecule has 0 saturated carbocycles. The van der Waals surface area contributed by atoms with E-state index in [0.29, 0.717) is 13.2 Å². The predicted octanol–water partition coefficient (Wildman–Crippen LogP) is 2.01. The van der Waals surface area contributed by atoms with E-state index < -0.39 is 17.7 Å². The van der Waals surface area contributed by atoms with Crippen LogP contribution in [0.3, 0.4) is 0 Å². The van der Waals surface area contributed by atoms with Crippen LogP contribution in [-0.4, -0.2) is 42.3 Å². The molecule has 0 spiro atoms. The van der Waals surface area contributed by atoms with Gasteiger partial charge in [0.1, 0.15) is 5.82 Å². The second-order valence-electron chi connectivity index (χ2n) is 4.71. The first-order valence-corrected chi connectivity index (χ1v) is 6.31. The zero-order chi connectivity index (χ0) is 14.0. The molecular weight excluding hydrogens is 273 g/mol. The third-order valence-corrected chi connectivity index (χ3v) is 3.64. The van der Waals surface area contributed by atoms with Gasteiger partial charge in [0.05, 0.1) is 24.2 Å². The van der Waals surface area contributed by atoms with Crippen LogP contribution in [0.5, 0.6) is 0 Å². The lowest BCUT2D eigenvalue weighted by Gasteiger charge is -2.26. The number of rotatable bonds is 4. The Morgan fingerprint density at radius 2 is 2.32 bits per heavy atom. The fourth-order valence-electron chi connectivity index (χ4n) is 2.26. The number of likely N-dealkylation sites (N-methyl/N-ethyl adjacent to an activating group) is 1. The second-order valence-corrected chi connectivity index (χ2v) is 5.12. The van der Waals surface area contributed by atoms with E-state index in [1.54, 1.807) is 12.1 Å². The molecule has 1 heterocycles. The van der Waals surface area contributed by atoms with E-state index in [2.05, 4.69) is 0 Å². The normalized spacial score (nSPS) is 22.9. The minimum Gasteiger partial charge on any atom is -0.481 e. The van der Waals surface area contributed by atoms with Crippen LogP contribution in [0.25, 0.3) is 0 Å². The maximum Gasteiger partial charge on any atom is 0.310 e. The van der Waals surface area contributed by atoms with Gasteiger partial charge in [-0.1, -0.05) is 17.7 Å². The Bertz CT molecular complexity index is 483. The summed E-state index contributed by atoms with van der Waals surface area (Å²) in [6.45, 7) is 1.12. The van der Waals surface area contributed by atoms with Crippen LogP contribution in [0.15, 0.2) is 18.2 Å². The monoisotopic (exact) mass is 287 g/mol. The Labute approximate surface area is 115 Å². The van der Waals surface area contributed by atoms with Crippen molar-refractivity contribution in [2.24, 2.45) is 5.92 Å². The van der Waals surface area contributed by atoms with Crippen LogP contribution in [0.4, 0.5) is 4.39 Å². The molecule has 1 aromatic rings. The van der Waals surface area contributed by atoms with Crippen molar-refractivity contribution < 1.29 is 19.0 Å². The first kappa shape index (κ1) is 14.2. The fraction of sp³-hybridized carbons (Fsp3) is 0.462. The molecule has 0 radical (unpaired) electrons. The smallest absolute Gasteiger partial charge is 0.310 e. The summed E-state index contributed by atoms with van der Waals surface area (Å²) in [5.74, 6) is -1.84. The van der Waals surface area contributed by atoms with Crippen LogP contribution in [0.2, 0.25) is 5.02 Å². The average molecular weight is 288 g/mol. The number of carboxylic acids is 1. The van der Waals surface area contributed by atoms with Crippen molar-refractivity contribution in [1.82, 2.24) is 4.90 Å². The number of hydrogen-bond donors (Lipinski definition) is 1. The summed E-state index contributed by atoms with van der Waals surface area (Å²) >= 11 is 5.72. The number of aliphatic carboxylic acids is 1. The molecule has 0 amide bonds. The minimum absolute atomic E-state index is 0.0726. The molecule has 0 aliphatic carbocycles. The molecule has 0 bridgehead atoms. The number of ether oxygens (including phenoxy) is 1. The van der Waals surface area contributed by atoms with Crippen molar-refractivity contribution in [1.29, 1.82) is 0 Å². The first-order valence-electron chi connectivity index (χ1n) is 5.93. The molecule has 4 nitrogen and oxygen atoms in total. The van der Waals surface area contributed by atoms with Gasteiger partial charge >= 0.3 is 5.97 Å². The molecule has 1 aliphatic rings. The molecule has 1 aromatic carbocycles. The van der Waals surface area contributed by atoms with Gasteiger partial charge in [-0.05, 0) is 24.7 Å². The summed E-state index contributed by atoms with van der Waals surface area (Å²) in [5.41, 5.74) is 0.838. The largest absolute Gasteiger partial charge is 0.481 e. The van der Waals surface area contributed by atoms with Crippen LogP contribution in [-0.2, 0) is 16.1 Å². The van der Waals surface area contributed by atoms with Gasteiger partial charge in [0.25, 0.3) is 0 Å². The van der Waals surface area contributed by atoms with Crippen molar-refractivity contribution in [3.63, 3.8) is 0 Å². The van der Waals surface area contributed by atoms with Gasteiger partial charge in [0.15, 0.2) is 0 Å². The maximum absolute atomic E-state index is 13.1. The highest BCUT2D eigenvalue weighted by atomic mass is 35.5. The van der Waals surface area contributed by atoms with Crippen molar-refractivity contribution in [2.45, 2.75) is 12.6 Å². The van der Waals surface area contributed by atoms with Crippen molar-refractivity contribution >= 4 is 17.6 Å². The number of nitrogens with zero attached hydrogens (tertiary/aromatic N) is 1. The molecule has 104 valence electrons. The maximum atomic E-state index is 13.1. The number of halogens is 2.